The van der Waals surface area contributed by atoms with Gasteiger partial charge in [-0.1, -0.05) is 0 Å². The molecule has 0 heterocycles. The molecule has 0 aliphatic rings. The van der Waals surface area contributed by atoms with E-state index >= 15 is 0 Å². The molecule has 44 valence electrons. The fraction of sp³-hybridized carbons (Fsp3) is 1.00. The maximum Gasteiger partial charge on any atom is 0.100 e. The minimum Gasteiger partial charge on any atom is -0.394 e. The van der Waals surface area contributed by atoms with E-state index in [4.69, 9.17) is 10.2 Å². The molecule has 0 unspecified atom stereocenters. The lowest BCUT2D eigenvalue weighted by Gasteiger charge is -2.01. The van der Waals surface area contributed by atoms with Crippen molar-refractivity contribution in [2.24, 2.45) is 0 Å². The minimum absolute atomic E-state index is 0.205. The second-order valence-electron chi connectivity index (χ2n) is 1.29. The Hall–Kier alpha value is -0.120. The molecular formula is C4H10O3. The van der Waals surface area contributed by atoms with Crippen molar-refractivity contribution in [2.45, 2.75) is 6.10 Å². The predicted molar refractivity (Wildman–Crippen MR) is 25.0 cm³/mol. The van der Waals surface area contributed by atoms with E-state index in [2.05, 4.69) is 4.74 Å². The molecular weight excluding hydrogens is 96.0 g/mol. The van der Waals surface area contributed by atoms with Gasteiger partial charge in [0.1, 0.15) is 6.10 Å². The van der Waals surface area contributed by atoms with Gasteiger partial charge in [0.15, 0.2) is 0 Å². The third-order valence-corrected chi connectivity index (χ3v) is 0.570. The average molecular weight is 106 g/mol. The normalized spacial score (nSPS) is 14.1. The number of methoxy groups -OCH3 is 1. The standard InChI is InChI=1S/C4H10O3/c1-7-3-4(6)2-5/h4-6H,2-3H2,1H3/t4-/m0/s1. The van der Waals surface area contributed by atoms with Crippen LogP contribution in [0.25, 0.3) is 0 Å². The highest BCUT2D eigenvalue weighted by molar-refractivity contribution is 4.46. The molecule has 0 aromatic heterocycles. The Kier molecular flexibility index (Phi) is 3.98. The first-order chi connectivity index (χ1) is 3.31. The molecule has 2 N–H and O–H groups in total. The molecule has 0 bridgehead atoms. The first-order valence-corrected chi connectivity index (χ1v) is 2.09. The molecule has 3 heteroatoms. The molecule has 0 rings (SSSR count). The zero-order chi connectivity index (χ0) is 5.70. The van der Waals surface area contributed by atoms with Crippen LogP contribution in [-0.4, -0.2) is 36.6 Å². The SMILES string of the molecule is COC[C@@H](O)CO. The van der Waals surface area contributed by atoms with Crippen LogP contribution in [0.3, 0.4) is 0 Å². The van der Waals surface area contributed by atoms with Crippen LogP contribution in [0.4, 0.5) is 0 Å². The Bertz CT molecular complexity index is 37.9. The quantitative estimate of drug-likeness (QED) is 0.484. The topological polar surface area (TPSA) is 49.7 Å². The highest BCUT2D eigenvalue weighted by atomic mass is 16.5. The summed E-state index contributed by atoms with van der Waals surface area (Å²) in [6.45, 7) is -0.0235. The Labute approximate surface area is 42.5 Å². The maximum atomic E-state index is 8.48. The Balaban J connectivity index is 2.83. The predicted octanol–water partition coefficient (Wildman–Crippen LogP) is -1.01. The van der Waals surface area contributed by atoms with Crippen molar-refractivity contribution < 1.29 is 14.9 Å². The van der Waals surface area contributed by atoms with Crippen LogP contribution in [0.1, 0.15) is 0 Å². The van der Waals surface area contributed by atoms with E-state index in [0.717, 1.165) is 0 Å². The molecule has 0 aromatic rings. The van der Waals surface area contributed by atoms with Gasteiger partial charge in [0.25, 0.3) is 0 Å². The van der Waals surface area contributed by atoms with E-state index in [1.165, 1.54) is 7.11 Å². The highest BCUT2D eigenvalue weighted by Gasteiger charge is 1.96. The van der Waals surface area contributed by atoms with Crippen molar-refractivity contribution in [1.29, 1.82) is 0 Å². The number of hydrogen-bond donors (Lipinski definition) is 2. The highest BCUT2D eigenvalue weighted by Crippen LogP contribution is 1.77. The summed E-state index contributed by atoms with van der Waals surface area (Å²) in [5.41, 5.74) is 0. The molecule has 3 nitrogen and oxygen atoms in total. The van der Waals surface area contributed by atoms with E-state index < -0.39 is 6.10 Å². The number of rotatable bonds is 3. The summed E-state index contributed by atoms with van der Waals surface area (Å²) < 4.78 is 4.48. The van der Waals surface area contributed by atoms with Gasteiger partial charge in [0.2, 0.25) is 0 Å². The number of aliphatic hydroxyl groups excluding tert-OH is 2. The lowest BCUT2D eigenvalue weighted by atomic mass is 10.4. The Morgan fingerprint density at radius 2 is 2.29 bits per heavy atom. The Morgan fingerprint density at radius 3 is 2.43 bits per heavy atom. The summed E-state index contributed by atoms with van der Waals surface area (Å²) in [6, 6.07) is 0. The monoisotopic (exact) mass is 106 g/mol. The van der Waals surface area contributed by atoms with Crippen LogP contribution < -0.4 is 0 Å². The van der Waals surface area contributed by atoms with Gasteiger partial charge in [-0.05, 0) is 0 Å². The van der Waals surface area contributed by atoms with Gasteiger partial charge in [-0.25, -0.2) is 0 Å². The number of ether oxygens (including phenoxy) is 1. The van der Waals surface area contributed by atoms with E-state index in [1.54, 1.807) is 0 Å². The van der Waals surface area contributed by atoms with Gasteiger partial charge in [0, 0.05) is 7.11 Å². The summed E-state index contributed by atoms with van der Waals surface area (Å²) >= 11 is 0. The van der Waals surface area contributed by atoms with Crippen molar-refractivity contribution in [2.75, 3.05) is 20.3 Å². The second-order valence-corrected chi connectivity index (χ2v) is 1.29. The second kappa shape index (κ2) is 4.05. The van der Waals surface area contributed by atoms with Gasteiger partial charge in [-0.15, -0.1) is 0 Å². The lowest BCUT2D eigenvalue weighted by Crippen LogP contribution is -2.17. The van der Waals surface area contributed by atoms with Crippen LogP contribution in [0.15, 0.2) is 0 Å². The van der Waals surface area contributed by atoms with Gasteiger partial charge >= 0.3 is 0 Å². The van der Waals surface area contributed by atoms with Crippen LogP contribution >= 0.6 is 0 Å². The molecule has 0 saturated carbocycles. The fourth-order valence-corrected chi connectivity index (χ4v) is 0.245. The lowest BCUT2D eigenvalue weighted by molar-refractivity contribution is 0.0254. The molecule has 0 spiro atoms. The Morgan fingerprint density at radius 1 is 1.71 bits per heavy atom. The zero-order valence-corrected chi connectivity index (χ0v) is 4.29. The zero-order valence-electron chi connectivity index (χ0n) is 4.29. The summed E-state index contributed by atoms with van der Waals surface area (Å²) in [4.78, 5) is 0. The largest absolute Gasteiger partial charge is 0.394 e. The summed E-state index contributed by atoms with van der Waals surface area (Å²) in [5, 5.41) is 16.6. The van der Waals surface area contributed by atoms with E-state index in [0.29, 0.717) is 0 Å². The molecule has 0 saturated heterocycles. The maximum absolute atomic E-state index is 8.48. The number of aliphatic hydroxyl groups is 2. The summed E-state index contributed by atoms with van der Waals surface area (Å²) in [7, 11) is 1.47. The molecule has 0 radical (unpaired) electrons. The smallest absolute Gasteiger partial charge is 0.100 e. The van der Waals surface area contributed by atoms with Gasteiger partial charge in [0.05, 0.1) is 13.2 Å². The van der Waals surface area contributed by atoms with Gasteiger partial charge < -0.3 is 14.9 Å². The minimum atomic E-state index is -0.718. The van der Waals surface area contributed by atoms with E-state index in [-0.39, 0.29) is 13.2 Å². The van der Waals surface area contributed by atoms with Crippen LogP contribution in [0.5, 0.6) is 0 Å². The van der Waals surface area contributed by atoms with E-state index in [9.17, 15) is 0 Å². The van der Waals surface area contributed by atoms with Gasteiger partial charge in [-0.2, -0.15) is 0 Å². The molecule has 1 atom stereocenters. The molecule has 0 fully saturated rings. The third-order valence-electron chi connectivity index (χ3n) is 0.570. The van der Waals surface area contributed by atoms with Crippen LogP contribution in [0.2, 0.25) is 0 Å². The van der Waals surface area contributed by atoms with Gasteiger partial charge in [-0.3, -0.25) is 0 Å². The molecule has 0 aliphatic carbocycles. The van der Waals surface area contributed by atoms with Crippen molar-refractivity contribution in [3.8, 4) is 0 Å². The summed E-state index contributed by atoms with van der Waals surface area (Å²) in [5.74, 6) is 0. The average Bonchev–Trinajstić information content (AvgIpc) is 1.68. The van der Waals surface area contributed by atoms with Crippen molar-refractivity contribution in [1.82, 2.24) is 0 Å². The first-order valence-electron chi connectivity index (χ1n) is 2.09. The fourth-order valence-electron chi connectivity index (χ4n) is 0.245. The van der Waals surface area contributed by atoms with Crippen molar-refractivity contribution in [3.05, 3.63) is 0 Å². The van der Waals surface area contributed by atoms with Crippen molar-refractivity contribution in [3.63, 3.8) is 0 Å². The van der Waals surface area contributed by atoms with Crippen LogP contribution in [-0.2, 0) is 4.74 Å². The molecule has 7 heavy (non-hydrogen) atoms. The van der Waals surface area contributed by atoms with E-state index in [1.807, 2.05) is 0 Å². The van der Waals surface area contributed by atoms with Crippen molar-refractivity contribution >= 4 is 0 Å². The third kappa shape index (κ3) is 3.72. The number of hydrogen-bond acceptors (Lipinski definition) is 3. The first kappa shape index (κ1) is 6.88. The summed E-state index contributed by atoms with van der Waals surface area (Å²) in [6.07, 6.45) is -0.718. The molecule has 0 aliphatic heterocycles. The van der Waals surface area contributed by atoms with Crippen LogP contribution in [0, 0.1) is 0 Å². The molecule has 0 amide bonds. The molecule has 0 aromatic carbocycles.